The maximum atomic E-state index is 12.6. The quantitative estimate of drug-likeness (QED) is 0.830. The number of carbonyl (C=O) groups is 1. The third-order valence-corrected chi connectivity index (χ3v) is 4.20. The zero-order valence-electron chi connectivity index (χ0n) is 12.0. The van der Waals surface area contributed by atoms with Crippen molar-refractivity contribution >= 4 is 11.6 Å². The standard InChI is InChI=1S/C16H24N2O/c1-3-13-5-4-9-18(10-8-13)16(19)15-11-14(17)7-6-12(15)2/h6-7,11,13H,3-5,8-10,17H2,1-2H3. The zero-order valence-corrected chi connectivity index (χ0v) is 12.0. The largest absolute Gasteiger partial charge is 0.399 e. The van der Waals surface area contributed by atoms with E-state index in [2.05, 4.69) is 6.92 Å². The number of anilines is 1. The van der Waals surface area contributed by atoms with Crippen molar-refractivity contribution < 1.29 is 4.79 Å². The second kappa shape index (κ2) is 6.09. The molecule has 3 nitrogen and oxygen atoms in total. The average Bonchev–Trinajstić information content (AvgIpc) is 2.66. The van der Waals surface area contributed by atoms with Crippen LogP contribution in [0.5, 0.6) is 0 Å². The Kier molecular flexibility index (Phi) is 4.46. The van der Waals surface area contributed by atoms with Gasteiger partial charge in [-0.05, 0) is 49.8 Å². The molecule has 104 valence electrons. The Hall–Kier alpha value is -1.51. The number of nitrogens with zero attached hydrogens (tertiary/aromatic N) is 1. The first-order valence-electron chi connectivity index (χ1n) is 7.27. The molecule has 19 heavy (non-hydrogen) atoms. The Morgan fingerprint density at radius 3 is 2.89 bits per heavy atom. The van der Waals surface area contributed by atoms with Crippen LogP contribution in [-0.2, 0) is 0 Å². The molecular weight excluding hydrogens is 236 g/mol. The topological polar surface area (TPSA) is 46.3 Å². The van der Waals surface area contributed by atoms with Gasteiger partial charge >= 0.3 is 0 Å². The number of nitrogens with two attached hydrogens (primary N) is 1. The number of likely N-dealkylation sites (tertiary alicyclic amines) is 1. The van der Waals surface area contributed by atoms with Crippen LogP contribution in [0.4, 0.5) is 5.69 Å². The van der Waals surface area contributed by atoms with E-state index >= 15 is 0 Å². The molecule has 3 heteroatoms. The SMILES string of the molecule is CCC1CCCN(C(=O)c2cc(N)ccc2C)CC1. The van der Waals surface area contributed by atoms with Crippen LogP contribution in [0, 0.1) is 12.8 Å². The highest BCUT2D eigenvalue weighted by molar-refractivity contribution is 5.96. The van der Waals surface area contributed by atoms with Gasteiger partial charge in [-0.2, -0.15) is 0 Å². The molecule has 1 aliphatic heterocycles. The van der Waals surface area contributed by atoms with E-state index in [1.54, 1.807) is 6.07 Å². The van der Waals surface area contributed by atoms with Gasteiger partial charge in [0.25, 0.3) is 5.91 Å². The molecule has 1 saturated heterocycles. The van der Waals surface area contributed by atoms with E-state index < -0.39 is 0 Å². The smallest absolute Gasteiger partial charge is 0.254 e. The summed E-state index contributed by atoms with van der Waals surface area (Å²) >= 11 is 0. The molecule has 0 aromatic heterocycles. The number of aryl methyl sites for hydroxylation is 1. The van der Waals surface area contributed by atoms with Gasteiger partial charge in [0.05, 0.1) is 0 Å². The molecule has 1 heterocycles. The fraction of sp³-hybridized carbons (Fsp3) is 0.562. The normalized spacial score (nSPS) is 20.1. The van der Waals surface area contributed by atoms with Gasteiger partial charge in [0.1, 0.15) is 0 Å². The Morgan fingerprint density at radius 1 is 1.37 bits per heavy atom. The average molecular weight is 260 g/mol. The van der Waals surface area contributed by atoms with E-state index in [4.69, 9.17) is 5.73 Å². The lowest BCUT2D eigenvalue weighted by Gasteiger charge is -2.21. The number of nitrogen functional groups attached to an aromatic ring is 1. The highest BCUT2D eigenvalue weighted by atomic mass is 16.2. The summed E-state index contributed by atoms with van der Waals surface area (Å²) in [6.45, 7) is 5.97. The van der Waals surface area contributed by atoms with E-state index in [-0.39, 0.29) is 5.91 Å². The van der Waals surface area contributed by atoms with Crippen molar-refractivity contribution in [2.24, 2.45) is 5.92 Å². The first-order valence-corrected chi connectivity index (χ1v) is 7.27. The maximum Gasteiger partial charge on any atom is 0.254 e. The molecule has 1 atom stereocenters. The van der Waals surface area contributed by atoms with E-state index in [1.165, 1.54) is 12.8 Å². The second-order valence-electron chi connectivity index (χ2n) is 5.57. The highest BCUT2D eigenvalue weighted by Gasteiger charge is 2.21. The van der Waals surface area contributed by atoms with Crippen molar-refractivity contribution in [3.05, 3.63) is 29.3 Å². The van der Waals surface area contributed by atoms with Crippen LogP contribution < -0.4 is 5.73 Å². The van der Waals surface area contributed by atoms with Crippen LogP contribution in [0.2, 0.25) is 0 Å². The van der Waals surface area contributed by atoms with Crippen LogP contribution in [0.15, 0.2) is 18.2 Å². The number of benzene rings is 1. The molecule has 1 unspecified atom stereocenters. The Bertz CT molecular complexity index is 456. The summed E-state index contributed by atoms with van der Waals surface area (Å²) in [6, 6.07) is 5.58. The number of amides is 1. The second-order valence-corrected chi connectivity index (χ2v) is 5.57. The lowest BCUT2D eigenvalue weighted by atomic mass is 9.98. The number of rotatable bonds is 2. The van der Waals surface area contributed by atoms with Crippen molar-refractivity contribution in [2.45, 2.75) is 39.5 Å². The van der Waals surface area contributed by atoms with Gasteiger partial charge in [-0.1, -0.05) is 19.4 Å². The van der Waals surface area contributed by atoms with E-state index in [1.807, 2.05) is 24.0 Å². The lowest BCUT2D eigenvalue weighted by molar-refractivity contribution is 0.0759. The summed E-state index contributed by atoms with van der Waals surface area (Å²) in [7, 11) is 0. The van der Waals surface area contributed by atoms with Crippen LogP contribution in [-0.4, -0.2) is 23.9 Å². The summed E-state index contributed by atoms with van der Waals surface area (Å²) in [5.41, 5.74) is 8.23. The van der Waals surface area contributed by atoms with Crippen molar-refractivity contribution in [1.82, 2.24) is 4.90 Å². The van der Waals surface area contributed by atoms with Gasteiger partial charge in [0.2, 0.25) is 0 Å². The molecule has 0 spiro atoms. The van der Waals surface area contributed by atoms with Crippen molar-refractivity contribution in [3.8, 4) is 0 Å². The third kappa shape index (κ3) is 3.28. The number of hydrogen-bond donors (Lipinski definition) is 1. The summed E-state index contributed by atoms with van der Waals surface area (Å²) in [6.07, 6.45) is 4.71. The van der Waals surface area contributed by atoms with Crippen molar-refractivity contribution in [2.75, 3.05) is 18.8 Å². The van der Waals surface area contributed by atoms with Gasteiger partial charge in [-0.3, -0.25) is 4.79 Å². The summed E-state index contributed by atoms with van der Waals surface area (Å²) in [5, 5.41) is 0. The summed E-state index contributed by atoms with van der Waals surface area (Å²) < 4.78 is 0. The Balaban J connectivity index is 2.13. The third-order valence-electron chi connectivity index (χ3n) is 4.20. The molecule has 2 N–H and O–H groups in total. The first kappa shape index (κ1) is 13.9. The molecule has 0 saturated carbocycles. The van der Waals surface area contributed by atoms with Crippen LogP contribution in [0.25, 0.3) is 0 Å². The predicted octanol–water partition coefficient (Wildman–Crippen LogP) is 3.23. The molecule has 1 aromatic rings. The van der Waals surface area contributed by atoms with Crippen LogP contribution in [0.1, 0.15) is 48.5 Å². The van der Waals surface area contributed by atoms with E-state index in [9.17, 15) is 4.79 Å². The van der Waals surface area contributed by atoms with Crippen LogP contribution >= 0.6 is 0 Å². The van der Waals surface area contributed by atoms with Gasteiger partial charge in [0, 0.05) is 24.3 Å². The molecular formula is C16H24N2O. The first-order chi connectivity index (χ1) is 9.11. The fourth-order valence-electron chi connectivity index (χ4n) is 2.82. The highest BCUT2D eigenvalue weighted by Crippen LogP contribution is 2.22. The minimum atomic E-state index is 0.140. The molecule has 0 radical (unpaired) electrons. The van der Waals surface area contributed by atoms with Crippen molar-refractivity contribution in [3.63, 3.8) is 0 Å². The molecule has 0 bridgehead atoms. The maximum absolute atomic E-state index is 12.6. The Labute approximate surface area is 115 Å². The minimum absolute atomic E-state index is 0.140. The molecule has 1 amide bonds. The Morgan fingerprint density at radius 2 is 2.16 bits per heavy atom. The number of carbonyl (C=O) groups excluding carboxylic acids is 1. The summed E-state index contributed by atoms with van der Waals surface area (Å²) in [4.78, 5) is 14.6. The van der Waals surface area contributed by atoms with Crippen molar-refractivity contribution in [1.29, 1.82) is 0 Å². The molecule has 1 aromatic carbocycles. The molecule has 0 aliphatic carbocycles. The van der Waals surface area contributed by atoms with E-state index in [0.717, 1.165) is 43.0 Å². The van der Waals surface area contributed by atoms with E-state index in [0.29, 0.717) is 5.69 Å². The van der Waals surface area contributed by atoms with Gasteiger partial charge in [-0.25, -0.2) is 0 Å². The molecule has 2 rings (SSSR count). The molecule has 1 aliphatic rings. The predicted molar refractivity (Wildman–Crippen MR) is 79.1 cm³/mol. The lowest BCUT2D eigenvalue weighted by Crippen LogP contribution is -2.32. The van der Waals surface area contributed by atoms with Gasteiger partial charge in [0.15, 0.2) is 0 Å². The minimum Gasteiger partial charge on any atom is -0.399 e. The molecule has 1 fully saturated rings. The number of hydrogen-bond acceptors (Lipinski definition) is 2. The monoisotopic (exact) mass is 260 g/mol. The fourth-order valence-corrected chi connectivity index (χ4v) is 2.82. The zero-order chi connectivity index (χ0) is 13.8. The van der Waals surface area contributed by atoms with Gasteiger partial charge in [-0.15, -0.1) is 0 Å². The summed E-state index contributed by atoms with van der Waals surface area (Å²) in [5.74, 6) is 0.918. The van der Waals surface area contributed by atoms with Crippen LogP contribution in [0.3, 0.4) is 0 Å². The van der Waals surface area contributed by atoms with Gasteiger partial charge < -0.3 is 10.6 Å².